The van der Waals surface area contributed by atoms with Crippen LogP contribution in [0.25, 0.3) is 11.3 Å². The number of rotatable bonds is 5. The quantitative estimate of drug-likeness (QED) is 0.685. The number of aryl methyl sites for hydroxylation is 2. The number of carbonyl (C=O) groups is 2. The average Bonchev–Trinajstić information content (AvgIpc) is 3.20. The molecule has 2 aromatic heterocycles. The zero-order valence-electron chi connectivity index (χ0n) is 17.9. The van der Waals surface area contributed by atoms with Gasteiger partial charge in [-0.2, -0.15) is 0 Å². The summed E-state index contributed by atoms with van der Waals surface area (Å²) in [4.78, 5) is 40.1. The van der Waals surface area contributed by atoms with Gasteiger partial charge in [-0.05, 0) is 57.0 Å². The smallest absolute Gasteiger partial charge is 0.251 e. The van der Waals surface area contributed by atoms with E-state index in [0.717, 1.165) is 34.5 Å². The van der Waals surface area contributed by atoms with Crippen LogP contribution < -0.4 is 10.2 Å². The Morgan fingerprint density at radius 1 is 1.06 bits per heavy atom. The van der Waals surface area contributed by atoms with E-state index in [9.17, 15) is 9.59 Å². The maximum absolute atomic E-state index is 13.1. The number of carbonyl (C=O) groups excluding carboxylic acids is 2. The molecule has 0 unspecified atom stereocenters. The van der Waals surface area contributed by atoms with Crippen molar-refractivity contribution in [3.63, 3.8) is 0 Å². The Labute approximate surface area is 181 Å². The molecule has 1 aromatic carbocycles. The summed E-state index contributed by atoms with van der Waals surface area (Å²) in [6.45, 7) is 6.34. The summed E-state index contributed by atoms with van der Waals surface area (Å²) in [6, 6.07) is 9.16. The largest absolute Gasteiger partial charge is 0.345 e. The van der Waals surface area contributed by atoms with E-state index in [4.69, 9.17) is 0 Å². The summed E-state index contributed by atoms with van der Waals surface area (Å²) in [7, 11) is 0. The van der Waals surface area contributed by atoms with Crippen LogP contribution in [-0.4, -0.2) is 33.3 Å². The Bertz CT molecular complexity index is 1110. The third kappa shape index (κ3) is 4.60. The first kappa shape index (κ1) is 20.7. The van der Waals surface area contributed by atoms with Gasteiger partial charge in [0.2, 0.25) is 5.91 Å². The van der Waals surface area contributed by atoms with E-state index in [1.165, 1.54) is 0 Å². The van der Waals surface area contributed by atoms with Crippen molar-refractivity contribution >= 4 is 17.5 Å². The third-order valence-corrected chi connectivity index (χ3v) is 5.42. The highest BCUT2D eigenvalue weighted by Crippen LogP contribution is 2.29. The van der Waals surface area contributed by atoms with Gasteiger partial charge in [0.15, 0.2) is 0 Å². The third-order valence-electron chi connectivity index (χ3n) is 5.42. The fourth-order valence-corrected chi connectivity index (χ4v) is 3.60. The molecule has 0 bridgehead atoms. The fraction of sp³-hybridized carbons (Fsp3) is 0.292. The van der Waals surface area contributed by atoms with Crippen molar-refractivity contribution < 1.29 is 9.59 Å². The van der Waals surface area contributed by atoms with Crippen LogP contribution in [0.2, 0.25) is 0 Å². The Balaban J connectivity index is 1.67. The van der Waals surface area contributed by atoms with Gasteiger partial charge in [0.1, 0.15) is 5.82 Å². The maximum atomic E-state index is 13.1. The van der Waals surface area contributed by atoms with E-state index in [0.29, 0.717) is 24.4 Å². The first-order chi connectivity index (χ1) is 14.9. The summed E-state index contributed by atoms with van der Waals surface area (Å²) >= 11 is 0. The van der Waals surface area contributed by atoms with Crippen molar-refractivity contribution in [3.05, 3.63) is 71.4 Å². The van der Waals surface area contributed by atoms with Gasteiger partial charge in [0.25, 0.3) is 5.91 Å². The molecule has 31 heavy (non-hydrogen) atoms. The summed E-state index contributed by atoms with van der Waals surface area (Å²) in [6.07, 6.45) is 6.57. The molecule has 7 heteroatoms. The molecule has 1 fully saturated rings. The van der Waals surface area contributed by atoms with Crippen LogP contribution in [0.1, 0.15) is 53.1 Å². The van der Waals surface area contributed by atoms with Crippen LogP contribution in [0, 0.1) is 13.8 Å². The second-order valence-corrected chi connectivity index (χ2v) is 7.90. The molecule has 1 N–H and O–H groups in total. The molecule has 2 amide bonds. The Morgan fingerprint density at radius 2 is 1.84 bits per heavy atom. The van der Waals surface area contributed by atoms with Gasteiger partial charge in [0, 0.05) is 53.9 Å². The maximum Gasteiger partial charge on any atom is 0.251 e. The molecule has 0 radical (unpaired) electrons. The predicted molar refractivity (Wildman–Crippen MR) is 119 cm³/mol. The van der Waals surface area contributed by atoms with Crippen LogP contribution in [-0.2, 0) is 4.79 Å². The van der Waals surface area contributed by atoms with E-state index < -0.39 is 0 Å². The normalized spacial score (nSPS) is 14.5. The second kappa shape index (κ2) is 8.63. The van der Waals surface area contributed by atoms with Crippen molar-refractivity contribution in [3.8, 4) is 11.3 Å². The Kier molecular flexibility index (Phi) is 5.75. The summed E-state index contributed by atoms with van der Waals surface area (Å²) in [5.41, 5.74) is 4.64. The number of amides is 2. The highest BCUT2D eigenvalue weighted by molar-refractivity contribution is 6.00. The van der Waals surface area contributed by atoms with Crippen LogP contribution in [0.4, 0.5) is 5.69 Å². The van der Waals surface area contributed by atoms with Gasteiger partial charge in [-0.1, -0.05) is 6.07 Å². The van der Waals surface area contributed by atoms with Gasteiger partial charge in [0.05, 0.1) is 11.7 Å². The number of nitrogens with one attached hydrogen (secondary N) is 1. The van der Waals surface area contributed by atoms with Gasteiger partial charge < -0.3 is 10.2 Å². The van der Waals surface area contributed by atoms with E-state index >= 15 is 0 Å². The molecule has 1 aliphatic rings. The van der Waals surface area contributed by atoms with E-state index in [-0.39, 0.29) is 17.9 Å². The van der Waals surface area contributed by atoms with Crippen LogP contribution in [0.5, 0.6) is 0 Å². The molecule has 0 saturated carbocycles. The van der Waals surface area contributed by atoms with Crippen molar-refractivity contribution in [2.45, 2.75) is 39.7 Å². The molecule has 1 atom stereocenters. The molecule has 0 aliphatic carbocycles. The second-order valence-electron chi connectivity index (χ2n) is 7.90. The molecule has 3 heterocycles. The molecule has 4 rings (SSSR count). The van der Waals surface area contributed by atoms with Gasteiger partial charge in [-0.15, -0.1) is 0 Å². The number of aromatic nitrogens is 3. The van der Waals surface area contributed by atoms with Crippen molar-refractivity contribution in [2.75, 3.05) is 11.4 Å². The monoisotopic (exact) mass is 415 g/mol. The van der Waals surface area contributed by atoms with Gasteiger partial charge >= 0.3 is 0 Å². The molecular weight excluding hydrogens is 390 g/mol. The van der Waals surface area contributed by atoms with Crippen molar-refractivity contribution in [1.29, 1.82) is 0 Å². The lowest BCUT2D eigenvalue weighted by Crippen LogP contribution is -2.28. The van der Waals surface area contributed by atoms with Crippen LogP contribution in [0.3, 0.4) is 0 Å². The number of anilines is 1. The van der Waals surface area contributed by atoms with Crippen LogP contribution in [0.15, 0.2) is 48.9 Å². The first-order valence-corrected chi connectivity index (χ1v) is 10.4. The summed E-state index contributed by atoms with van der Waals surface area (Å²) in [5, 5.41) is 3.01. The van der Waals surface area contributed by atoms with Gasteiger partial charge in [-0.25, -0.2) is 9.97 Å². The summed E-state index contributed by atoms with van der Waals surface area (Å²) < 4.78 is 0. The Morgan fingerprint density at radius 3 is 2.48 bits per heavy atom. The minimum absolute atomic E-state index is 0.0746. The number of pyridine rings is 1. The molecule has 0 spiro atoms. The van der Waals surface area contributed by atoms with Gasteiger partial charge in [-0.3, -0.25) is 14.6 Å². The highest BCUT2D eigenvalue weighted by atomic mass is 16.2. The molecular formula is C24H25N5O2. The number of nitrogens with zero attached hydrogens (tertiary/aromatic N) is 4. The summed E-state index contributed by atoms with van der Waals surface area (Å²) in [5.74, 6) is 0.529. The lowest BCUT2D eigenvalue weighted by atomic mass is 10.0. The van der Waals surface area contributed by atoms with Crippen LogP contribution >= 0.6 is 0 Å². The zero-order chi connectivity index (χ0) is 22.0. The number of hydrogen-bond acceptors (Lipinski definition) is 5. The SMILES string of the molecule is Cc1ccc(-c2cc(C(=O)N[C@H](C)c3cnc(C)nc3)cc(N3CCCC3=O)c2)nc1. The molecule has 7 nitrogen and oxygen atoms in total. The minimum atomic E-state index is -0.258. The lowest BCUT2D eigenvalue weighted by molar-refractivity contribution is -0.117. The molecule has 1 aliphatic heterocycles. The zero-order valence-corrected chi connectivity index (χ0v) is 17.9. The highest BCUT2D eigenvalue weighted by Gasteiger charge is 2.24. The minimum Gasteiger partial charge on any atom is -0.345 e. The van der Waals surface area contributed by atoms with E-state index in [2.05, 4.69) is 20.3 Å². The van der Waals surface area contributed by atoms with Crippen molar-refractivity contribution in [2.24, 2.45) is 0 Å². The molecule has 158 valence electrons. The number of benzene rings is 1. The first-order valence-electron chi connectivity index (χ1n) is 10.4. The van der Waals surface area contributed by atoms with Crippen molar-refractivity contribution in [1.82, 2.24) is 20.3 Å². The van der Waals surface area contributed by atoms with E-state index in [1.807, 2.05) is 45.0 Å². The topological polar surface area (TPSA) is 88.1 Å². The molecule has 3 aromatic rings. The average molecular weight is 415 g/mol. The molecule has 1 saturated heterocycles. The Hall–Kier alpha value is -3.61. The fourth-order valence-electron chi connectivity index (χ4n) is 3.60. The number of hydrogen-bond donors (Lipinski definition) is 1. The standard InChI is InChI=1S/C24H25N5O2/c1-15-6-7-22(27-12-15)18-9-19(11-21(10-18)29-8-4-5-23(29)30)24(31)28-16(2)20-13-25-17(3)26-14-20/h6-7,9-14,16H,4-5,8H2,1-3H3,(H,28,31)/t16-/m1/s1. The van der Waals surface area contributed by atoms with E-state index in [1.54, 1.807) is 29.6 Å². The lowest BCUT2D eigenvalue weighted by Gasteiger charge is -2.19. The predicted octanol–water partition coefficient (Wildman–Crippen LogP) is 3.77.